The van der Waals surface area contributed by atoms with Crippen molar-refractivity contribution in [3.05, 3.63) is 0 Å². The van der Waals surface area contributed by atoms with Gasteiger partial charge in [0.2, 0.25) is 0 Å². The first kappa shape index (κ1) is 11.0. The largest absolute Gasteiger partial charge is 0.377 e. The lowest BCUT2D eigenvalue weighted by Gasteiger charge is -2.34. The second-order valence-corrected chi connectivity index (χ2v) is 5.72. The van der Waals surface area contributed by atoms with Gasteiger partial charge in [-0.25, -0.2) is 4.39 Å². The fourth-order valence-electron chi connectivity index (χ4n) is 3.87. The number of hydrogen-bond donors (Lipinski definition) is 1. The minimum Gasteiger partial charge on any atom is -0.377 e. The molecule has 1 N–H and O–H groups in total. The molecule has 0 radical (unpaired) electrons. The number of rotatable bonds is 1. The number of hydrogen-bond acceptors (Lipinski definition) is 2. The van der Waals surface area contributed by atoms with Gasteiger partial charge in [-0.3, -0.25) is 0 Å². The molecule has 0 aromatic carbocycles. The van der Waals surface area contributed by atoms with Gasteiger partial charge in [-0.15, -0.1) is 0 Å². The Hall–Kier alpha value is -0.150. The van der Waals surface area contributed by atoms with Crippen LogP contribution >= 0.6 is 0 Å². The molecule has 0 aromatic rings. The van der Waals surface area contributed by atoms with Crippen LogP contribution in [0.2, 0.25) is 0 Å². The zero-order valence-electron chi connectivity index (χ0n) is 9.83. The summed E-state index contributed by atoms with van der Waals surface area (Å²) in [4.78, 5) is 0. The van der Waals surface area contributed by atoms with Gasteiger partial charge in [0, 0.05) is 6.42 Å². The van der Waals surface area contributed by atoms with Gasteiger partial charge in [0.25, 0.3) is 0 Å². The Labute approximate surface area is 96.9 Å². The molecule has 3 fully saturated rings. The van der Waals surface area contributed by atoms with Crippen LogP contribution in [0.1, 0.15) is 32.1 Å². The smallest absolute Gasteiger partial charge is 0.103 e. The molecule has 3 aliphatic rings. The van der Waals surface area contributed by atoms with E-state index in [4.69, 9.17) is 4.74 Å². The van der Waals surface area contributed by atoms with Gasteiger partial charge in [0.05, 0.1) is 12.7 Å². The van der Waals surface area contributed by atoms with E-state index in [2.05, 4.69) is 5.32 Å². The van der Waals surface area contributed by atoms with Gasteiger partial charge >= 0.3 is 0 Å². The maximum atomic E-state index is 13.3. The van der Waals surface area contributed by atoms with Crippen LogP contribution in [0.5, 0.6) is 0 Å². The molecule has 16 heavy (non-hydrogen) atoms. The van der Waals surface area contributed by atoms with Crippen LogP contribution in [0, 0.1) is 17.8 Å². The number of nitrogens with one attached hydrogen (secondary N) is 1. The summed E-state index contributed by atoms with van der Waals surface area (Å²) in [5, 5.41) is 3.49. The van der Waals surface area contributed by atoms with Crippen molar-refractivity contribution in [2.75, 3.05) is 19.7 Å². The Balaban J connectivity index is 1.64. The molecule has 3 heteroatoms. The highest BCUT2D eigenvalue weighted by atomic mass is 19.1. The molecular formula is C13H22FNO. The summed E-state index contributed by atoms with van der Waals surface area (Å²) in [5.74, 6) is 2.13. The van der Waals surface area contributed by atoms with Crippen molar-refractivity contribution in [2.45, 2.75) is 44.4 Å². The average Bonchev–Trinajstić information content (AvgIpc) is 2.73. The lowest BCUT2D eigenvalue weighted by Crippen LogP contribution is -2.39. The summed E-state index contributed by atoms with van der Waals surface area (Å²) < 4.78 is 19.1. The maximum absolute atomic E-state index is 13.3. The van der Waals surface area contributed by atoms with E-state index in [0.717, 1.165) is 31.9 Å². The lowest BCUT2D eigenvalue weighted by atomic mass is 9.72. The summed E-state index contributed by atoms with van der Waals surface area (Å²) >= 11 is 0. The third-order valence-corrected chi connectivity index (χ3v) is 4.77. The van der Waals surface area contributed by atoms with E-state index in [1.165, 1.54) is 19.4 Å². The molecule has 3 rings (SSSR count). The van der Waals surface area contributed by atoms with Crippen molar-refractivity contribution in [2.24, 2.45) is 17.8 Å². The zero-order chi connectivity index (χ0) is 11.0. The molecule has 3 unspecified atom stereocenters. The molecule has 2 saturated heterocycles. The van der Waals surface area contributed by atoms with Crippen LogP contribution in [-0.2, 0) is 4.74 Å². The molecule has 1 aliphatic carbocycles. The number of halogens is 1. The van der Waals surface area contributed by atoms with Gasteiger partial charge < -0.3 is 10.1 Å². The summed E-state index contributed by atoms with van der Waals surface area (Å²) in [6.45, 7) is 3.20. The number of ether oxygens (including phenoxy) is 1. The van der Waals surface area contributed by atoms with Crippen LogP contribution in [0.4, 0.5) is 4.39 Å². The Bertz CT molecular complexity index is 242. The molecule has 1 saturated carbocycles. The van der Waals surface area contributed by atoms with Crippen molar-refractivity contribution in [3.8, 4) is 0 Å². The highest BCUT2D eigenvalue weighted by Gasteiger charge is 2.44. The van der Waals surface area contributed by atoms with E-state index < -0.39 is 6.17 Å². The first-order chi connectivity index (χ1) is 7.84. The van der Waals surface area contributed by atoms with E-state index >= 15 is 0 Å². The standard InChI is InChI=1S/C13H22FNO/c14-10-3-4-11-12(8-16-13(11)6-10)9-2-1-5-15-7-9/h9-13,15H,1-8H2/t9-,10?,11?,12+,13?/m0/s1. The SMILES string of the molecule is FC1CCC2C(C1)OC[C@@H]2[C@H]1CCCNC1. The summed E-state index contributed by atoms with van der Waals surface area (Å²) in [6, 6.07) is 0. The fraction of sp³-hybridized carbons (Fsp3) is 1.00. The van der Waals surface area contributed by atoms with Gasteiger partial charge in [-0.1, -0.05) is 0 Å². The molecule has 0 aromatic heterocycles. The highest BCUT2D eigenvalue weighted by Crippen LogP contribution is 2.43. The molecular weight excluding hydrogens is 205 g/mol. The number of alkyl halides is 1. The lowest BCUT2D eigenvalue weighted by molar-refractivity contribution is 0.0354. The fourth-order valence-corrected chi connectivity index (χ4v) is 3.87. The molecule has 2 heterocycles. The van der Waals surface area contributed by atoms with E-state index in [-0.39, 0.29) is 6.10 Å². The normalized spacial score (nSPS) is 48.9. The van der Waals surface area contributed by atoms with Crippen LogP contribution in [0.25, 0.3) is 0 Å². The predicted octanol–water partition coefficient (Wildman–Crippen LogP) is 2.14. The minimum absolute atomic E-state index is 0.232. The third kappa shape index (κ3) is 2.00. The monoisotopic (exact) mass is 227 g/mol. The Morgan fingerprint density at radius 2 is 2.06 bits per heavy atom. The summed E-state index contributed by atoms with van der Waals surface area (Å²) in [7, 11) is 0. The maximum Gasteiger partial charge on any atom is 0.103 e. The zero-order valence-corrected chi connectivity index (χ0v) is 9.83. The van der Waals surface area contributed by atoms with Crippen LogP contribution in [-0.4, -0.2) is 32.0 Å². The van der Waals surface area contributed by atoms with Crippen molar-refractivity contribution in [1.82, 2.24) is 5.32 Å². The third-order valence-electron chi connectivity index (χ3n) is 4.77. The van der Waals surface area contributed by atoms with Gasteiger partial charge in [-0.2, -0.15) is 0 Å². The van der Waals surface area contributed by atoms with Gasteiger partial charge in [-0.05, 0) is 56.5 Å². The molecule has 2 nitrogen and oxygen atoms in total. The van der Waals surface area contributed by atoms with Crippen LogP contribution in [0.3, 0.4) is 0 Å². The van der Waals surface area contributed by atoms with Crippen LogP contribution < -0.4 is 5.32 Å². The van der Waals surface area contributed by atoms with E-state index in [0.29, 0.717) is 18.3 Å². The van der Waals surface area contributed by atoms with E-state index in [9.17, 15) is 4.39 Å². The second-order valence-electron chi connectivity index (χ2n) is 5.72. The average molecular weight is 227 g/mol. The Kier molecular flexibility index (Phi) is 3.16. The first-order valence-electron chi connectivity index (χ1n) is 6.81. The van der Waals surface area contributed by atoms with E-state index in [1.807, 2.05) is 0 Å². The second kappa shape index (κ2) is 4.61. The minimum atomic E-state index is -0.607. The van der Waals surface area contributed by atoms with Crippen molar-refractivity contribution >= 4 is 0 Å². The van der Waals surface area contributed by atoms with Gasteiger partial charge in [0.1, 0.15) is 6.17 Å². The Morgan fingerprint density at radius 3 is 2.88 bits per heavy atom. The molecule has 0 bridgehead atoms. The van der Waals surface area contributed by atoms with E-state index in [1.54, 1.807) is 0 Å². The molecule has 5 atom stereocenters. The molecule has 0 amide bonds. The molecule has 2 aliphatic heterocycles. The van der Waals surface area contributed by atoms with Crippen molar-refractivity contribution in [1.29, 1.82) is 0 Å². The molecule has 92 valence electrons. The van der Waals surface area contributed by atoms with Crippen molar-refractivity contribution in [3.63, 3.8) is 0 Å². The predicted molar refractivity (Wildman–Crippen MR) is 61.1 cm³/mol. The summed E-state index contributed by atoms with van der Waals surface area (Å²) in [5.41, 5.74) is 0. The first-order valence-corrected chi connectivity index (χ1v) is 6.81. The number of fused-ring (bicyclic) bond motifs is 1. The Morgan fingerprint density at radius 1 is 1.12 bits per heavy atom. The van der Waals surface area contributed by atoms with Crippen molar-refractivity contribution < 1.29 is 9.13 Å². The quantitative estimate of drug-likeness (QED) is 0.741. The highest BCUT2D eigenvalue weighted by molar-refractivity contribution is 4.93. The number of piperidine rings is 1. The molecule has 0 spiro atoms. The topological polar surface area (TPSA) is 21.3 Å². The van der Waals surface area contributed by atoms with Crippen LogP contribution in [0.15, 0.2) is 0 Å². The van der Waals surface area contributed by atoms with Gasteiger partial charge in [0.15, 0.2) is 0 Å². The summed E-state index contributed by atoms with van der Waals surface area (Å²) in [6.07, 6.45) is 4.73.